The second kappa shape index (κ2) is 13.1. The number of aromatic nitrogens is 1. The number of hydroxylamine groups is 1. The number of alkyl halides is 2. The van der Waals surface area contributed by atoms with E-state index < -0.39 is 41.6 Å². The quantitative estimate of drug-likeness (QED) is 0.119. The molecule has 0 radical (unpaired) electrons. The molecule has 0 aliphatic carbocycles. The van der Waals surface area contributed by atoms with Crippen LogP contribution in [0.4, 0.5) is 22.0 Å². The first kappa shape index (κ1) is 30.0. The van der Waals surface area contributed by atoms with Gasteiger partial charge in [-0.05, 0) is 57.0 Å². The van der Waals surface area contributed by atoms with E-state index >= 15 is 4.39 Å². The summed E-state index contributed by atoms with van der Waals surface area (Å²) in [5.41, 5.74) is 1.45. The molecule has 1 fully saturated rings. The largest absolute Gasteiger partial charge is 0.497 e. The standard InChI is InChI=1S/C28H30F5N3O3S/c1-39-19-2-3-24-20(14-19)25(17(15-29)16-34-24)21(31)4-5-28(27(37)35-38)6-8-36(9-7-28)10-11-40-26-22(32)12-18(30)13-23(26)33/h2-3,12-14,16,21,38H,4-11,15H2,1H3,(H,35,37). The van der Waals surface area contributed by atoms with Crippen LogP contribution in [0.25, 0.3) is 10.9 Å². The predicted octanol–water partition coefficient (Wildman–Crippen LogP) is 6.30. The third-order valence-corrected chi connectivity index (χ3v) is 8.61. The molecule has 1 aliphatic heterocycles. The molecular weight excluding hydrogens is 553 g/mol. The zero-order valence-corrected chi connectivity index (χ0v) is 22.7. The highest BCUT2D eigenvalue weighted by Gasteiger charge is 2.41. The van der Waals surface area contributed by atoms with Gasteiger partial charge in [-0.1, -0.05) is 0 Å². The number of hydrogen-bond donors (Lipinski definition) is 2. The van der Waals surface area contributed by atoms with Crippen LogP contribution in [-0.4, -0.2) is 53.5 Å². The number of benzene rings is 2. The zero-order chi connectivity index (χ0) is 28.9. The lowest BCUT2D eigenvalue weighted by atomic mass is 9.73. The van der Waals surface area contributed by atoms with Crippen LogP contribution < -0.4 is 10.2 Å². The Morgan fingerprint density at radius 2 is 1.90 bits per heavy atom. The summed E-state index contributed by atoms with van der Waals surface area (Å²) in [6.45, 7) is 0.417. The number of ether oxygens (including phenoxy) is 1. The minimum absolute atomic E-state index is 0.0876. The Hall–Kier alpha value is -2.96. The molecule has 1 atom stereocenters. The van der Waals surface area contributed by atoms with Crippen LogP contribution in [0.1, 0.15) is 43.0 Å². The SMILES string of the molecule is COc1ccc2ncc(CF)c(C(F)CCC3(C(=O)NO)CCN(CCSc4c(F)cc(F)cc4F)CC3)c2c1. The van der Waals surface area contributed by atoms with E-state index in [-0.39, 0.29) is 28.9 Å². The molecule has 2 N–H and O–H groups in total. The lowest BCUT2D eigenvalue weighted by molar-refractivity contribution is -0.143. The Morgan fingerprint density at radius 1 is 1.20 bits per heavy atom. The van der Waals surface area contributed by atoms with Crippen LogP contribution >= 0.6 is 11.8 Å². The van der Waals surface area contributed by atoms with Crippen molar-refractivity contribution < 1.29 is 36.7 Å². The predicted molar refractivity (Wildman–Crippen MR) is 141 cm³/mol. The fourth-order valence-corrected chi connectivity index (χ4v) is 6.19. The zero-order valence-electron chi connectivity index (χ0n) is 21.9. The number of hydrogen-bond acceptors (Lipinski definition) is 6. The molecule has 2 heterocycles. The van der Waals surface area contributed by atoms with Crippen molar-refractivity contribution in [2.24, 2.45) is 5.41 Å². The molecule has 4 rings (SSSR count). The maximum absolute atomic E-state index is 15.8. The van der Waals surface area contributed by atoms with E-state index in [1.807, 2.05) is 4.90 Å². The summed E-state index contributed by atoms with van der Waals surface area (Å²) < 4.78 is 75.8. The summed E-state index contributed by atoms with van der Waals surface area (Å²) in [5.74, 6) is -2.71. The van der Waals surface area contributed by atoms with Gasteiger partial charge in [0.1, 0.15) is 36.0 Å². The van der Waals surface area contributed by atoms with Gasteiger partial charge >= 0.3 is 0 Å². The van der Waals surface area contributed by atoms with E-state index in [1.165, 1.54) is 13.3 Å². The van der Waals surface area contributed by atoms with Crippen LogP contribution in [0.3, 0.4) is 0 Å². The van der Waals surface area contributed by atoms with Gasteiger partial charge in [0.05, 0.1) is 22.9 Å². The number of fused-ring (bicyclic) bond motifs is 1. The number of rotatable bonds is 11. The molecule has 1 saturated heterocycles. The lowest BCUT2D eigenvalue weighted by Gasteiger charge is -2.40. The lowest BCUT2D eigenvalue weighted by Crippen LogP contribution is -2.48. The molecular formula is C28H30F5N3O3S. The van der Waals surface area contributed by atoms with Crippen LogP contribution in [0, 0.1) is 22.9 Å². The smallest absolute Gasteiger partial charge is 0.249 e. The Labute approximate surface area is 232 Å². The molecule has 0 bridgehead atoms. The molecule has 216 valence electrons. The molecule has 0 saturated carbocycles. The number of carbonyl (C=O) groups excluding carboxylic acids is 1. The number of amides is 1. The Bertz CT molecular complexity index is 1330. The van der Waals surface area contributed by atoms with Crippen molar-refractivity contribution in [3.8, 4) is 5.75 Å². The van der Waals surface area contributed by atoms with Crippen molar-refractivity contribution in [3.63, 3.8) is 0 Å². The number of halogens is 5. The van der Waals surface area contributed by atoms with Gasteiger partial charge in [0.25, 0.3) is 0 Å². The minimum Gasteiger partial charge on any atom is -0.497 e. The van der Waals surface area contributed by atoms with Gasteiger partial charge in [0.2, 0.25) is 5.91 Å². The summed E-state index contributed by atoms with van der Waals surface area (Å²) in [7, 11) is 1.47. The number of piperidine rings is 1. The highest BCUT2D eigenvalue weighted by atomic mass is 32.2. The number of nitrogens with zero attached hydrogens (tertiary/aromatic N) is 2. The molecule has 1 aromatic heterocycles. The molecule has 0 spiro atoms. The monoisotopic (exact) mass is 583 g/mol. The number of thioether (sulfide) groups is 1. The van der Waals surface area contributed by atoms with E-state index in [4.69, 9.17) is 4.74 Å². The van der Waals surface area contributed by atoms with E-state index in [9.17, 15) is 27.6 Å². The number of methoxy groups -OCH3 is 1. The van der Waals surface area contributed by atoms with Gasteiger partial charge < -0.3 is 9.64 Å². The van der Waals surface area contributed by atoms with Crippen molar-refractivity contribution >= 4 is 28.6 Å². The average molecular weight is 584 g/mol. The highest BCUT2D eigenvalue weighted by molar-refractivity contribution is 7.99. The molecule has 1 unspecified atom stereocenters. The molecule has 40 heavy (non-hydrogen) atoms. The van der Waals surface area contributed by atoms with Gasteiger partial charge in [0, 0.05) is 47.1 Å². The van der Waals surface area contributed by atoms with Crippen molar-refractivity contribution in [1.29, 1.82) is 0 Å². The van der Waals surface area contributed by atoms with E-state index in [0.717, 1.165) is 11.8 Å². The second-order valence-electron chi connectivity index (χ2n) is 9.83. The topological polar surface area (TPSA) is 74.7 Å². The molecule has 12 heteroatoms. The van der Waals surface area contributed by atoms with Gasteiger partial charge in [-0.25, -0.2) is 27.4 Å². The van der Waals surface area contributed by atoms with Gasteiger partial charge in [0.15, 0.2) is 0 Å². The summed E-state index contributed by atoms with van der Waals surface area (Å²) in [4.78, 5) is 18.7. The summed E-state index contributed by atoms with van der Waals surface area (Å²) >= 11 is 0.934. The molecule has 1 amide bonds. The Morgan fingerprint density at radius 3 is 2.52 bits per heavy atom. The van der Waals surface area contributed by atoms with Crippen molar-refractivity contribution in [2.75, 3.05) is 32.5 Å². The van der Waals surface area contributed by atoms with Crippen molar-refractivity contribution in [3.05, 3.63) is 65.1 Å². The normalized spacial score (nSPS) is 16.2. The Balaban J connectivity index is 1.42. The van der Waals surface area contributed by atoms with Crippen LogP contribution in [-0.2, 0) is 11.5 Å². The van der Waals surface area contributed by atoms with Crippen LogP contribution in [0.5, 0.6) is 5.75 Å². The second-order valence-corrected chi connectivity index (χ2v) is 10.9. The van der Waals surface area contributed by atoms with E-state index in [2.05, 4.69) is 4.98 Å². The maximum atomic E-state index is 15.8. The summed E-state index contributed by atoms with van der Waals surface area (Å²) in [6, 6.07) is 6.23. The highest BCUT2D eigenvalue weighted by Crippen LogP contribution is 2.42. The molecule has 3 aromatic rings. The fraction of sp³-hybridized carbons (Fsp3) is 0.429. The van der Waals surface area contributed by atoms with Gasteiger partial charge in [-0.15, -0.1) is 11.8 Å². The van der Waals surface area contributed by atoms with E-state index in [0.29, 0.717) is 67.0 Å². The fourth-order valence-electron chi connectivity index (χ4n) is 5.24. The first-order chi connectivity index (χ1) is 19.2. The van der Waals surface area contributed by atoms with Crippen molar-refractivity contribution in [1.82, 2.24) is 15.4 Å². The molecule has 2 aromatic carbocycles. The average Bonchev–Trinajstić information content (AvgIpc) is 2.96. The minimum atomic E-state index is -1.60. The first-order valence-electron chi connectivity index (χ1n) is 12.8. The third-order valence-electron chi connectivity index (χ3n) is 7.55. The number of likely N-dealkylation sites (tertiary alicyclic amines) is 1. The van der Waals surface area contributed by atoms with Crippen LogP contribution in [0.15, 0.2) is 41.4 Å². The summed E-state index contributed by atoms with van der Waals surface area (Å²) in [6.07, 6.45) is 0.368. The van der Waals surface area contributed by atoms with Crippen molar-refractivity contribution in [2.45, 2.75) is 43.4 Å². The third kappa shape index (κ3) is 6.50. The number of carbonyl (C=O) groups is 1. The van der Waals surface area contributed by atoms with Gasteiger partial charge in [-0.2, -0.15) is 0 Å². The Kier molecular flexibility index (Phi) is 9.85. The summed E-state index contributed by atoms with van der Waals surface area (Å²) in [5, 5.41) is 9.88. The van der Waals surface area contributed by atoms with Gasteiger partial charge in [-0.3, -0.25) is 15.0 Å². The first-order valence-corrected chi connectivity index (χ1v) is 13.8. The number of nitrogens with one attached hydrogen (secondary N) is 1. The van der Waals surface area contributed by atoms with E-state index in [1.54, 1.807) is 23.7 Å². The molecule has 1 aliphatic rings. The number of pyridine rings is 1. The van der Waals surface area contributed by atoms with Crippen LogP contribution in [0.2, 0.25) is 0 Å². The molecule has 6 nitrogen and oxygen atoms in total. The maximum Gasteiger partial charge on any atom is 0.249 e.